The Morgan fingerprint density at radius 2 is 2.06 bits per heavy atom. The van der Waals surface area contributed by atoms with Gasteiger partial charge >= 0.3 is 0 Å². The van der Waals surface area contributed by atoms with Gasteiger partial charge in [-0.3, -0.25) is 0 Å². The molecule has 2 bridgehead atoms. The number of unbranched alkanes of at least 4 members (excludes halogenated alkanes) is 2. The lowest BCUT2D eigenvalue weighted by molar-refractivity contribution is 0.398. The molecule has 0 saturated heterocycles. The van der Waals surface area contributed by atoms with Gasteiger partial charge in [0.2, 0.25) is 0 Å². The highest BCUT2D eigenvalue weighted by Crippen LogP contribution is 2.52. The topological polar surface area (TPSA) is 0 Å². The van der Waals surface area contributed by atoms with Crippen molar-refractivity contribution in [3.63, 3.8) is 0 Å². The number of fused-ring (bicyclic) bond motifs is 5. The van der Waals surface area contributed by atoms with Crippen LogP contribution in [0.3, 0.4) is 0 Å². The second-order valence-corrected chi connectivity index (χ2v) is 5.28. The maximum Gasteiger partial charge on any atom is -0.0133 e. The Hall–Kier alpha value is -0.780. The quantitative estimate of drug-likeness (QED) is 0.472. The minimum Gasteiger partial charge on any atom is -0.103 e. The molecule has 0 amide bonds. The summed E-state index contributed by atoms with van der Waals surface area (Å²) in [5, 5.41) is 0. The fraction of sp³-hybridized carbons (Fsp3) is 0.625. The summed E-state index contributed by atoms with van der Waals surface area (Å²) in [7, 11) is 0. The van der Waals surface area contributed by atoms with Crippen molar-refractivity contribution in [2.45, 2.75) is 39.0 Å². The van der Waals surface area contributed by atoms with Gasteiger partial charge in [0.25, 0.3) is 0 Å². The first-order chi connectivity index (χ1) is 7.86. The van der Waals surface area contributed by atoms with Gasteiger partial charge in [0.05, 0.1) is 0 Å². The molecular weight excluding hydrogens is 192 g/mol. The lowest BCUT2D eigenvalue weighted by Gasteiger charge is -2.18. The molecule has 0 aliphatic heterocycles. The van der Waals surface area contributed by atoms with Crippen molar-refractivity contribution in [1.29, 1.82) is 0 Å². The van der Waals surface area contributed by atoms with Gasteiger partial charge in [-0.2, -0.15) is 0 Å². The van der Waals surface area contributed by atoms with Crippen molar-refractivity contribution in [3.05, 3.63) is 37.0 Å². The molecule has 0 aromatic rings. The first-order valence-electron chi connectivity index (χ1n) is 6.82. The number of rotatable bonds is 3. The third kappa shape index (κ3) is 2.31. The van der Waals surface area contributed by atoms with Crippen molar-refractivity contribution in [3.8, 4) is 0 Å². The summed E-state index contributed by atoms with van der Waals surface area (Å²) in [6.45, 7) is 5.78. The highest BCUT2D eigenvalue weighted by atomic mass is 14.5. The van der Waals surface area contributed by atoms with E-state index in [1.165, 1.54) is 32.1 Å². The molecule has 0 aromatic heterocycles. The summed E-state index contributed by atoms with van der Waals surface area (Å²) in [6.07, 6.45) is 18.2. The average molecular weight is 216 g/mol. The third-order valence-corrected chi connectivity index (χ3v) is 4.22. The fourth-order valence-electron chi connectivity index (χ4n) is 3.32. The van der Waals surface area contributed by atoms with Gasteiger partial charge in [-0.05, 0) is 42.9 Å². The van der Waals surface area contributed by atoms with Crippen LogP contribution in [0, 0.1) is 23.7 Å². The maximum atomic E-state index is 3.60. The zero-order valence-corrected chi connectivity index (χ0v) is 10.4. The molecule has 3 rings (SSSR count). The van der Waals surface area contributed by atoms with E-state index in [9.17, 15) is 0 Å². The van der Waals surface area contributed by atoms with Gasteiger partial charge in [-0.15, -0.1) is 6.58 Å². The van der Waals surface area contributed by atoms with Gasteiger partial charge in [0, 0.05) is 0 Å². The van der Waals surface area contributed by atoms with Gasteiger partial charge in [0.1, 0.15) is 0 Å². The van der Waals surface area contributed by atoms with Crippen LogP contribution >= 0.6 is 0 Å². The van der Waals surface area contributed by atoms with Crippen LogP contribution in [-0.4, -0.2) is 0 Å². The van der Waals surface area contributed by atoms with Crippen LogP contribution in [0.25, 0.3) is 0 Å². The van der Waals surface area contributed by atoms with E-state index in [1.807, 2.05) is 6.08 Å². The van der Waals surface area contributed by atoms with Crippen LogP contribution in [0.1, 0.15) is 39.0 Å². The molecule has 3 aliphatic carbocycles. The molecule has 0 heterocycles. The van der Waals surface area contributed by atoms with E-state index >= 15 is 0 Å². The van der Waals surface area contributed by atoms with Crippen LogP contribution in [0.15, 0.2) is 37.0 Å². The molecule has 4 unspecified atom stereocenters. The molecular formula is C16H24. The average Bonchev–Trinajstić information content (AvgIpc) is 2.98. The minimum atomic E-state index is 0.925. The zero-order chi connectivity index (χ0) is 11.4. The lowest BCUT2D eigenvalue weighted by Crippen LogP contribution is -2.12. The molecule has 4 atom stereocenters. The Kier molecular flexibility index (Phi) is 4.04. The Labute approximate surface area is 100 Å². The zero-order valence-electron chi connectivity index (χ0n) is 10.4. The Morgan fingerprint density at radius 3 is 2.69 bits per heavy atom. The first kappa shape index (κ1) is 11.7. The van der Waals surface area contributed by atoms with Crippen LogP contribution in [0.5, 0.6) is 0 Å². The molecule has 1 fully saturated rings. The van der Waals surface area contributed by atoms with Crippen molar-refractivity contribution in [2.75, 3.05) is 0 Å². The summed E-state index contributed by atoms with van der Waals surface area (Å²) >= 11 is 0. The Bertz CT molecular complexity index is 284. The van der Waals surface area contributed by atoms with Gasteiger partial charge in [-0.1, -0.05) is 50.1 Å². The van der Waals surface area contributed by atoms with Gasteiger partial charge < -0.3 is 0 Å². The Balaban J connectivity index is 0.000000142. The van der Waals surface area contributed by atoms with E-state index in [0.717, 1.165) is 23.7 Å². The predicted molar refractivity (Wildman–Crippen MR) is 71.2 cm³/mol. The van der Waals surface area contributed by atoms with Gasteiger partial charge in [0.15, 0.2) is 0 Å². The van der Waals surface area contributed by atoms with Crippen LogP contribution in [0.2, 0.25) is 0 Å². The SMILES string of the molecule is C1=CC2C3C=CC(C3)C2C1.C=CCCCC. The summed E-state index contributed by atoms with van der Waals surface area (Å²) in [5.74, 6) is 3.82. The third-order valence-electron chi connectivity index (χ3n) is 4.22. The molecule has 0 N–H and O–H groups in total. The molecule has 0 spiro atoms. The van der Waals surface area contributed by atoms with E-state index < -0.39 is 0 Å². The molecule has 0 aromatic carbocycles. The number of hydrogen-bond acceptors (Lipinski definition) is 0. The largest absolute Gasteiger partial charge is 0.103 e. The fourth-order valence-corrected chi connectivity index (χ4v) is 3.32. The molecule has 1 saturated carbocycles. The summed E-state index contributed by atoms with van der Waals surface area (Å²) in [5.41, 5.74) is 0. The molecule has 16 heavy (non-hydrogen) atoms. The minimum absolute atomic E-state index is 0.925. The molecule has 0 heteroatoms. The normalized spacial score (nSPS) is 37.1. The second kappa shape index (κ2) is 5.52. The smallest absolute Gasteiger partial charge is 0.0133 e. The van der Waals surface area contributed by atoms with E-state index in [2.05, 4.69) is 37.8 Å². The second-order valence-electron chi connectivity index (χ2n) is 5.28. The monoisotopic (exact) mass is 216 g/mol. The van der Waals surface area contributed by atoms with E-state index in [0.29, 0.717) is 0 Å². The molecule has 0 radical (unpaired) electrons. The van der Waals surface area contributed by atoms with E-state index in [-0.39, 0.29) is 0 Å². The highest BCUT2D eigenvalue weighted by molar-refractivity contribution is 5.21. The van der Waals surface area contributed by atoms with E-state index in [1.54, 1.807) is 0 Å². The van der Waals surface area contributed by atoms with Crippen molar-refractivity contribution in [2.24, 2.45) is 23.7 Å². The Morgan fingerprint density at radius 1 is 1.25 bits per heavy atom. The molecule has 3 aliphatic rings. The van der Waals surface area contributed by atoms with Crippen molar-refractivity contribution < 1.29 is 0 Å². The number of hydrogen-bond donors (Lipinski definition) is 0. The standard InChI is InChI=1S/C10H12.C6H12/c1-2-9-7-4-5-8(6-7)10(9)3-1;1-3-5-6-4-2/h1-2,4-5,7-10H,3,6H2;3H,1,4-6H2,2H3. The van der Waals surface area contributed by atoms with Crippen molar-refractivity contribution >= 4 is 0 Å². The van der Waals surface area contributed by atoms with Crippen LogP contribution in [-0.2, 0) is 0 Å². The molecule has 88 valence electrons. The summed E-state index contributed by atoms with van der Waals surface area (Å²) in [6, 6.07) is 0. The first-order valence-corrected chi connectivity index (χ1v) is 6.82. The predicted octanol–water partition coefficient (Wildman–Crippen LogP) is 4.75. The maximum absolute atomic E-state index is 3.60. The highest BCUT2D eigenvalue weighted by Gasteiger charge is 2.44. The van der Waals surface area contributed by atoms with Crippen LogP contribution in [0.4, 0.5) is 0 Å². The van der Waals surface area contributed by atoms with E-state index in [4.69, 9.17) is 0 Å². The summed E-state index contributed by atoms with van der Waals surface area (Å²) < 4.78 is 0. The number of allylic oxidation sites excluding steroid dienone is 5. The van der Waals surface area contributed by atoms with Crippen LogP contribution < -0.4 is 0 Å². The lowest BCUT2D eigenvalue weighted by atomic mass is 9.86. The van der Waals surface area contributed by atoms with Crippen molar-refractivity contribution in [1.82, 2.24) is 0 Å². The van der Waals surface area contributed by atoms with Gasteiger partial charge in [-0.25, -0.2) is 0 Å². The summed E-state index contributed by atoms with van der Waals surface area (Å²) in [4.78, 5) is 0. The molecule has 0 nitrogen and oxygen atoms in total.